The summed E-state index contributed by atoms with van der Waals surface area (Å²) in [7, 11) is 2.21. The summed E-state index contributed by atoms with van der Waals surface area (Å²) in [6.07, 6.45) is 6.82. The number of hydrogen-bond donors (Lipinski definition) is 0. The van der Waals surface area contributed by atoms with Gasteiger partial charge >= 0.3 is 0 Å². The first-order valence-electron chi connectivity index (χ1n) is 9.64. The molecule has 0 spiro atoms. The molecule has 0 atom stereocenters. The minimum absolute atomic E-state index is 0.712. The monoisotopic (exact) mass is 330 g/mol. The zero-order valence-corrected chi connectivity index (χ0v) is 15.7. The van der Waals surface area contributed by atoms with E-state index in [4.69, 9.17) is 0 Å². The van der Waals surface area contributed by atoms with Crippen LogP contribution in [0.15, 0.2) is 48.5 Å². The Morgan fingerprint density at radius 2 is 1.64 bits per heavy atom. The highest BCUT2D eigenvalue weighted by molar-refractivity contribution is 5.82. The number of benzene rings is 2. The van der Waals surface area contributed by atoms with Crippen LogP contribution in [0.25, 0.3) is 22.2 Å². The third-order valence-electron chi connectivity index (χ3n) is 5.94. The number of para-hydroxylation sites is 1. The molecule has 0 aliphatic heterocycles. The van der Waals surface area contributed by atoms with E-state index in [-0.39, 0.29) is 0 Å². The maximum atomic E-state index is 2.49. The van der Waals surface area contributed by atoms with Crippen LogP contribution in [0.2, 0.25) is 0 Å². The fourth-order valence-electron chi connectivity index (χ4n) is 4.48. The van der Waals surface area contributed by atoms with Gasteiger partial charge in [-0.15, -0.1) is 0 Å². The molecule has 0 saturated heterocycles. The van der Waals surface area contributed by atoms with Gasteiger partial charge in [-0.2, -0.15) is 4.57 Å². The maximum absolute atomic E-state index is 2.49. The van der Waals surface area contributed by atoms with Crippen molar-refractivity contribution in [3.05, 3.63) is 65.2 Å². The summed E-state index contributed by atoms with van der Waals surface area (Å²) in [5.74, 6) is 0.712. The average molecular weight is 330 g/mol. The smallest absolute Gasteiger partial charge is 0.194 e. The molecule has 4 rings (SSSR count). The van der Waals surface area contributed by atoms with E-state index >= 15 is 0 Å². The molecule has 1 aliphatic rings. The van der Waals surface area contributed by atoms with Crippen molar-refractivity contribution in [2.45, 2.75) is 51.9 Å². The maximum Gasteiger partial charge on any atom is 0.213 e. The molecular formula is C24H28N+. The topological polar surface area (TPSA) is 3.88 Å². The van der Waals surface area contributed by atoms with Gasteiger partial charge < -0.3 is 0 Å². The molecule has 1 heterocycles. The van der Waals surface area contributed by atoms with Crippen LogP contribution in [0.3, 0.4) is 0 Å². The lowest BCUT2D eigenvalue weighted by Gasteiger charge is -2.23. The number of pyridine rings is 1. The third-order valence-corrected chi connectivity index (χ3v) is 5.94. The van der Waals surface area contributed by atoms with Crippen LogP contribution >= 0.6 is 0 Å². The molecule has 25 heavy (non-hydrogen) atoms. The molecule has 1 fully saturated rings. The van der Waals surface area contributed by atoms with Crippen molar-refractivity contribution in [1.82, 2.24) is 0 Å². The number of rotatable bonds is 2. The van der Waals surface area contributed by atoms with E-state index in [0.717, 1.165) is 0 Å². The minimum Gasteiger partial charge on any atom is -0.194 e. The zero-order valence-electron chi connectivity index (χ0n) is 15.7. The first-order chi connectivity index (χ1) is 12.1. The second kappa shape index (κ2) is 6.63. The summed E-state index contributed by atoms with van der Waals surface area (Å²) in [5.41, 5.74) is 8.30. The number of aromatic nitrogens is 1. The summed E-state index contributed by atoms with van der Waals surface area (Å²) in [5, 5.41) is 1.44. The molecule has 1 saturated carbocycles. The van der Waals surface area contributed by atoms with E-state index in [2.05, 4.69) is 74.0 Å². The predicted octanol–water partition coefficient (Wildman–Crippen LogP) is 6.00. The number of aryl methyl sites for hydroxylation is 3. The summed E-state index contributed by atoms with van der Waals surface area (Å²) < 4.78 is 2.38. The Labute approximate surface area is 151 Å². The van der Waals surface area contributed by atoms with Crippen molar-refractivity contribution in [1.29, 1.82) is 0 Å². The van der Waals surface area contributed by atoms with Gasteiger partial charge in [-0.3, -0.25) is 0 Å². The Bertz CT molecular complexity index is 917. The molecule has 0 bridgehead atoms. The Morgan fingerprint density at radius 3 is 2.44 bits per heavy atom. The molecule has 0 unspecified atom stereocenters. The van der Waals surface area contributed by atoms with Gasteiger partial charge in [-0.1, -0.05) is 49.1 Å². The number of hydrogen-bond acceptors (Lipinski definition) is 0. The van der Waals surface area contributed by atoms with E-state index in [0.29, 0.717) is 5.92 Å². The van der Waals surface area contributed by atoms with Crippen LogP contribution in [0.5, 0.6) is 0 Å². The van der Waals surface area contributed by atoms with E-state index in [9.17, 15) is 0 Å². The normalized spacial score (nSPS) is 15.6. The molecule has 0 N–H and O–H groups in total. The van der Waals surface area contributed by atoms with Crippen molar-refractivity contribution in [3.63, 3.8) is 0 Å². The lowest BCUT2D eigenvalue weighted by Crippen LogP contribution is -2.33. The second-order valence-electron chi connectivity index (χ2n) is 7.71. The zero-order chi connectivity index (χ0) is 17.4. The first kappa shape index (κ1) is 16.3. The highest BCUT2D eigenvalue weighted by Gasteiger charge is 2.24. The van der Waals surface area contributed by atoms with E-state index in [1.807, 2.05) is 0 Å². The molecule has 128 valence electrons. The van der Waals surface area contributed by atoms with Crippen LogP contribution in [-0.4, -0.2) is 0 Å². The quantitative estimate of drug-likeness (QED) is 0.508. The van der Waals surface area contributed by atoms with Crippen LogP contribution in [0, 0.1) is 13.8 Å². The van der Waals surface area contributed by atoms with Gasteiger partial charge in [0.15, 0.2) is 0 Å². The van der Waals surface area contributed by atoms with Gasteiger partial charge in [0.2, 0.25) is 11.2 Å². The molecule has 3 aromatic rings. The summed E-state index contributed by atoms with van der Waals surface area (Å²) in [6, 6.07) is 18.2. The summed E-state index contributed by atoms with van der Waals surface area (Å²) >= 11 is 0. The Balaban J connectivity index is 1.98. The van der Waals surface area contributed by atoms with Gasteiger partial charge in [0.25, 0.3) is 0 Å². The fourth-order valence-corrected chi connectivity index (χ4v) is 4.48. The first-order valence-corrected chi connectivity index (χ1v) is 9.64. The van der Waals surface area contributed by atoms with Crippen LogP contribution in [0.4, 0.5) is 0 Å². The largest absolute Gasteiger partial charge is 0.213 e. The van der Waals surface area contributed by atoms with Crippen LogP contribution in [-0.2, 0) is 7.05 Å². The van der Waals surface area contributed by atoms with Gasteiger partial charge in [-0.25, -0.2) is 0 Å². The lowest BCUT2D eigenvalue weighted by molar-refractivity contribution is -0.633. The molecule has 0 radical (unpaired) electrons. The number of fused-ring (bicyclic) bond motifs is 1. The Kier molecular flexibility index (Phi) is 4.33. The number of nitrogens with zero attached hydrogens (tertiary/aromatic N) is 1. The molecule has 1 aliphatic carbocycles. The molecule has 0 amide bonds. The van der Waals surface area contributed by atoms with Crippen molar-refractivity contribution in [3.8, 4) is 11.3 Å². The molecule has 1 aromatic heterocycles. The van der Waals surface area contributed by atoms with Crippen molar-refractivity contribution in [2.75, 3.05) is 0 Å². The van der Waals surface area contributed by atoms with Crippen LogP contribution < -0.4 is 4.57 Å². The van der Waals surface area contributed by atoms with Crippen molar-refractivity contribution in [2.24, 2.45) is 7.05 Å². The van der Waals surface area contributed by atoms with Crippen molar-refractivity contribution >= 4 is 10.9 Å². The van der Waals surface area contributed by atoms with Gasteiger partial charge in [0.1, 0.15) is 7.05 Å². The van der Waals surface area contributed by atoms with Gasteiger partial charge in [-0.05, 0) is 55.9 Å². The molecule has 1 heteroatoms. The Morgan fingerprint density at radius 1 is 0.880 bits per heavy atom. The third kappa shape index (κ3) is 2.97. The second-order valence-corrected chi connectivity index (χ2v) is 7.71. The molecular weight excluding hydrogens is 302 g/mol. The van der Waals surface area contributed by atoms with Crippen molar-refractivity contribution < 1.29 is 4.57 Å². The highest BCUT2D eigenvalue weighted by Crippen LogP contribution is 2.37. The summed E-state index contributed by atoms with van der Waals surface area (Å²) in [4.78, 5) is 0. The predicted molar refractivity (Wildman–Crippen MR) is 106 cm³/mol. The van der Waals surface area contributed by atoms with Gasteiger partial charge in [0.05, 0.1) is 0 Å². The van der Waals surface area contributed by atoms with E-state index in [1.54, 1.807) is 5.56 Å². The van der Waals surface area contributed by atoms with Gasteiger partial charge in [0, 0.05) is 23.1 Å². The summed E-state index contributed by atoms with van der Waals surface area (Å²) in [6.45, 7) is 4.41. The van der Waals surface area contributed by atoms with Crippen LogP contribution in [0.1, 0.15) is 54.7 Å². The molecule has 2 aromatic carbocycles. The fraction of sp³-hybridized carbons (Fsp3) is 0.375. The van der Waals surface area contributed by atoms with E-state index < -0.39 is 0 Å². The SMILES string of the molecule is Cc1ccc(C)c(-c2cc(C3CCCCC3)c3ccccc3[n+]2C)c1. The molecule has 1 nitrogen and oxygen atoms in total. The average Bonchev–Trinajstić information content (AvgIpc) is 2.65. The highest BCUT2D eigenvalue weighted by atomic mass is 14.9. The minimum atomic E-state index is 0.712. The Hall–Kier alpha value is -2.15. The van der Waals surface area contributed by atoms with E-state index in [1.165, 1.54) is 65.4 Å². The lowest BCUT2D eigenvalue weighted by atomic mass is 9.82. The standard InChI is InChI=1S/C24H28N/c1-17-13-14-18(2)21(15-17)24-16-22(19-9-5-4-6-10-19)20-11-7-8-12-23(20)25(24)3/h7-8,11-16,19H,4-6,9-10H2,1-3H3/q+1.